The molecule has 0 atom stereocenters. The monoisotopic (exact) mass is 359 g/mol. The number of hydrogen-bond acceptors (Lipinski definition) is 4. The van der Waals surface area contributed by atoms with Gasteiger partial charge in [-0.15, -0.1) is 0 Å². The lowest BCUT2D eigenvalue weighted by Crippen LogP contribution is -2.13. The van der Waals surface area contributed by atoms with Crippen LogP contribution in [-0.4, -0.2) is 15.9 Å². The Hall–Kier alpha value is -3.80. The van der Waals surface area contributed by atoms with E-state index in [0.29, 0.717) is 22.5 Å². The van der Waals surface area contributed by atoms with Crippen LogP contribution in [0.2, 0.25) is 0 Å². The number of rotatable bonds is 4. The zero-order valence-corrected chi connectivity index (χ0v) is 14.1. The molecule has 1 heterocycles. The van der Waals surface area contributed by atoms with Gasteiger partial charge in [0.15, 0.2) is 0 Å². The van der Waals surface area contributed by atoms with Crippen LogP contribution < -0.4 is 10.1 Å². The molecule has 0 bridgehead atoms. The highest BCUT2D eigenvalue weighted by Crippen LogP contribution is 2.23. The lowest BCUT2D eigenvalue weighted by atomic mass is 10.1. The highest BCUT2D eigenvalue weighted by molar-refractivity contribution is 6.11. The number of fused-ring (bicyclic) bond motifs is 1. The number of aromatic nitrogens is 2. The second kappa shape index (κ2) is 7.21. The minimum Gasteiger partial charge on any atom is -0.457 e. The highest BCUT2D eigenvalue weighted by atomic mass is 19.1. The van der Waals surface area contributed by atoms with Gasteiger partial charge in [-0.2, -0.15) is 0 Å². The molecule has 0 aliphatic carbocycles. The summed E-state index contributed by atoms with van der Waals surface area (Å²) in [6, 6.07) is 18.7. The van der Waals surface area contributed by atoms with Gasteiger partial charge in [-0.05, 0) is 42.5 Å². The second-order valence-electron chi connectivity index (χ2n) is 5.77. The van der Waals surface area contributed by atoms with Gasteiger partial charge in [0.05, 0.1) is 11.1 Å². The van der Waals surface area contributed by atoms with Crippen LogP contribution in [0.3, 0.4) is 0 Å². The van der Waals surface area contributed by atoms with Crippen molar-refractivity contribution in [2.24, 2.45) is 0 Å². The molecule has 0 saturated carbocycles. The van der Waals surface area contributed by atoms with E-state index >= 15 is 0 Å². The van der Waals surface area contributed by atoms with Crippen molar-refractivity contribution in [2.45, 2.75) is 0 Å². The number of hydrogen-bond donors (Lipinski definition) is 1. The van der Waals surface area contributed by atoms with E-state index in [1.807, 2.05) is 30.3 Å². The van der Waals surface area contributed by atoms with Crippen LogP contribution in [0.5, 0.6) is 11.5 Å². The normalized spacial score (nSPS) is 10.6. The van der Waals surface area contributed by atoms with Crippen molar-refractivity contribution in [1.82, 2.24) is 9.97 Å². The minimum atomic E-state index is -0.542. The van der Waals surface area contributed by atoms with E-state index in [0.717, 1.165) is 11.8 Å². The molecular weight excluding hydrogens is 345 g/mol. The molecule has 0 unspecified atom stereocenters. The molecule has 6 heteroatoms. The predicted molar refractivity (Wildman–Crippen MR) is 100 cm³/mol. The smallest absolute Gasteiger partial charge is 0.258 e. The lowest BCUT2D eigenvalue weighted by molar-refractivity contribution is 0.102. The molecule has 0 aliphatic rings. The Bertz CT molecular complexity index is 1100. The first-order valence-corrected chi connectivity index (χ1v) is 8.24. The number of carbonyl (C=O) groups is 1. The zero-order valence-electron chi connectivity index (χ0n) is 14.1. The number of para-hydroxylation sites is 1. The molecule has 0 spiro atoms. The predicted octanol–water partition coefficient (Wildman–Crippen LogP) is 4.81. The Morgan fingerprint density at radius 2 is 1.59 bits per heavy atom. The first-order valence-electron chi connectivity index (χ1n) is 8.24. The molecule has 0 radical (unpaired) electrons. The summed E-state index contributed by atoms with van der Waals surface area (Å²) >= 11 is 0. The first kappa shape index (κ1) is 16.7. The van der Waals surface area contributed by atoms with Crippen LogP contribution in [0, 0.1) is 5.82 Å². The van der Waals surface area contributed by atoms with Gasteiger partial charge >= 0.3 is 0 Å². The Labute approximate surface area is 154 Å². The molecule has 132 valence electrons. The molecule has 3 aromatic carbocycles. The van der Waals surface area contributed by atoms with Crippen molar-refractivity contribution in [3.05, 3.63) is 90.5 Å². The largest absolute Gasteiger partial charge is 0.457 e. The molecule has 1 aromatic heterocycles. The summed E-state index contributed by atoms with van der Waals surface area (Å²) < 4.78 is 19.5. The molecule has 0 aliphatic heterocycles. The van der Waals surface area contributed by atoms with Crippen LogP contribution in [0.1, 0.15) is 10.4 Å². The van der Waals surface area contributed by atoms with E-state index in [1.54, 1.807) is 24.3 Å². The third kappa shape index (κ3) is 3.74. The molecule has 1 N–H and O–H groups in total. The molecule has 4 aromatic rings. The molecule has 0 saturated heterocycles. The summed E-state index contributed by atoms with van der Waals surface area (Å²) in [5, 5.41) is 2.74. The van der Waals surface area contributed by atoms with Crippen molar-refractivity contribution in [3.63, 3.8) is 0 Å². The quantitative estimate of drug-likeness (QED) is 0.568. The first-order chi connectivity index (χ1) is 13.2. The second-order valence-corrected chi connectivity index (χ2v) is 5.77. The van der Waals surface area contributed by atoms with Gasteiger partial charge in [0.2, 0.25) is 0 Å². The molecule has 5 nitrogen and oxygen atoms in total. The van der Waals surface area contributed by atoms with E-state index in [9.17, 15) is 9.18 Å². The number of amides is 1. The average Bonchev–Trinajstić information content (AvgIpc) is 2.69. The molecule has 27 heavy (non-hydrogen) atoms. The minimum absolute atomic E-state index is 0.128. The Morgan fingerprint density at radius 3 is 2.37 bits per heavy atom. The van der Waals surface area contributed by atoms with E-state index in [2.05, 4.69) is 15.3 Å². The number of nitrogens with zero attached hydrogens (tertiary/aromatic N) is 2. The third-order valence-corrected chi connectivity index (χ3v) is 3.87. The van der Waals surface area contributed by atoms with Crippen LogP contribution in [0.15, 0.2) is 79.1 Å². The number of halogens is 1. The van der Waals surface area contributed by atoms with Crippen molar-refractivity contribution in [2.75, 3.05) is 5.32 Å². The third-order valence-electron chi connectivity index (χ3n) is 3.87. The topological polar surface area (TPSA) is 64.1 Å². The van der Waals surface area contributed by atoms with Crippen molar-refractivity contribution in [1.29, 1.82) is 0 Å². The van der Waals surface area contributed by atoms with Crippen LogP contribution in [-0.2, 0) is 0 Å². The summed E-state index contributed by atoms with van der Waals surface area (Å²) in [5.74, 6) is 0.358. The maximum Gasteiger partial charge on any atom is 0.258 e. The van der Waals surface area contributed by atoms with Crippen LogP contribution in [0.4, 0.5) is 10.1 Å². The number of ether oxygens (including phenoxy) is 1. The Kier molecular flexibility index (Phi) is 4.45. The van der Waals surface area contributed by atoms with E-state index in [4.69, 9.17) is 4.74 Å². The fourth-order valence-corrected chi connectivity index (χ4v) is 2.64. The maximum atomic E-state index is 13.8. The van der Waals surface area contributed by atoms with E-state index in [1.165, 1.54) is 18.5 Å². The zero-order chi connectivity index (χ0) is 18.6. The van der Waals surface area contributed by atoms with Gasteiger partial charge in [0.1, 0.15) is 22.8 Å². The maximum absolute atomic E-state index is 13.8. The molecule has 1 amide bonds. The van der Waals surface area contributed by atoms with Gasteiger partial charge in [-0.1, -0.05) is 18.2 Å². The van der Waals surface area contributed by atoms with Gasteiger partial charge in [-0.3, -0.25) is 14.8 Å². The van der Waals surface area contributed by atoms with Gasteiger partial charge in [0.25, 0.3) is 5.91 Å². The van der Waals surface area contributed by atoms with Crippen LogP contribution >= 0.6 is 0 Å². The lowest BCUT2D eigenvalue weighted by Gasteiger charge is -2.09. The molecular formula is C21H14FN3O2. The summed E-state index contributed by atoms with van der Waals surface area (Å²) in [5.41, 5.74) is 1.36. The average molecular weight is 359 g/mol. The summed E-state index contributed by atoms with van der Waals surface area (Å²) in [4.78, 5) is 20.8. The standard InChI is InChI=1S/C21H14FN3O2/c22-14-12-18(20-19(13-14)23-10-11-24-20)21(26)25-15-6-8-17(9-7-15)27-16-4-2-1-3-5-16/h1-13H,(H,25,26). The highest BCUT2D eigenvalue weighted by Gasteiger charge is 2.14. The van der Waals surface area contributed by atoms with Gasteiger partial charge < -0.3 is 10.1 Å². The van der Waals surface area contributed by atoms with E-state index < -0.39 is 11.7 Å². The fourth-order valence-electron chi connectivity index (χ4n) is 2.64. The number of carbonyl (C=O) groups excluding carboxylic acids is 1. The molecule has 4 rings (SSSR count). The number of nitrogens with one attached hydrogen (secondary N) is 1. The van der Waals surface area contributed by atoms with Gasteiger partial charge in [-0.25, -0.2) is 4.39 Å². The number of benzene rings is 3. The van der Waals surface area contributed by atoms with Crippen molar-refractivity contribution in [3.8, 4) is 11.5 Å². The summed E-state index contributed by atoms with van der Waals surface area (Å²) in [6.07, 6.45) is 2.92. The Balaban J connectivity index is 1.53. The van der Waals surface area contributed by atoms with Crippen molar-refractivity contribution < 1.29 is 13.9 Å². The summed E-state index contributed by atoms with van der Waals surface area (Å²) in [6.45, 7) is 0. The SMILES string of the molecule is O=C(Nc1ccc(Oc2ccccc2)cc1)c1cc(F)cc2nccnc12. The molecule has 0 fully saturated rings. The van der Waals surface area contributed by atoms with Crippen molar-refractivity contribution >= 4 is 22.6 Å². The van der Waals surface area contributed by atoms with Gasteiger partial charge in [0, 0.05) is 24.1 Å². The Morgan fingerprint density at radius 1 is 0.889 bits per heavy atom. The van der Waals surface area contributed by atoms with E-state index in [-0.39, 0.29) is 5.56 Å². The summed E-state index contributed by atoms with van der Waals surface area (Å²) in [7, 11) is 0. The number of anilines is 1. The van der Waals surface area contributed by atoms with Crippen LogP contribution in [0.25, 0.3) is 11.0 Å². The fraction of sp³-hybridized carbons (Fsp3) is 0.